The highest BCUT2D eigenvalue weighted by atomic mass is 16.6. The number of hydrogen-bond donors (Lipinski definition) is 1. The predicted molar refractivity (Wildman–Crippen MR) is 90.2 cm³/mol. The Morgan fingerprint density at radius 3 is 2.96 bits per heavy atom. The van der Waals surface area contributed by atoms with E-state index in [1.165, 1.54) is 10.8 Å². The molecule has 7 heteroatoms. The Bertz CT molecular complexity index is 989. The van der Waals surface area contributed by atoms with Gasteiger partial charge in [-0.05, 0) is 24.3 Å². The average Bonchev–Trinajstić information content (AvgIpc) is 3.12. The molecule has 0 atom stereocenters. The molecule has 0 aliphatic carbocycles. The second kappa shape index (κ2) is 6.35. The number of hydrogen-bond acceptors (Lipinski definition) is 5. The van der Waals surface area contributed by atoms with Gasteiger partial charge >= 0.3 is 0 Å². The van der Waals surface area contributed by atoms with Crippen molar-refractivity contribution in [3.63, 3.8) is 0 Å². The highest BCUT2D eigenvalue weighted by Gasteiger charge is 2.20. The van der Waals surface area contributed by atoms with E-state index in [1.807, 2.05) is 0 Å². The van der Waals surface area contributed by atoms with Crippen molar-refractivity contribution >= 4 is 16.9 Å². The second-order valence-electron chi connectivity index (χ2n) is 5.61. The maximum absolute atomic E-state index is 12.4. The number of amides is 1. The van der Waals surface area contributed by atoms with Crippen molar-refractivity contribution in [2.45, 2.75) is 6.54 Å². The van der Waals surface area contributed by atoms with Gasteiger partial charge in [0.25, 0.3) is 11.5 Å². The molecule has 25 heavy (non-hydrogen) atoms. The van der Waals surface area contributed by atoms with Gasteiger partial charge in [-0.3, -0.25) is 9.59 Å². The maximum atomic E-state index is 12.4. The van der Waals surface area contributed by atoms with Crippen molar-refractivity contribution in [1.29, 1.82) is 0 Å². The van der Waals surface area contributed by atoms with E-state index < -0.39 is 0 Å². The topological polar surface area (TPSA) is 82.7 Å². The lowest BCUT2D eigenvalue weighted by Crippen LogP contribution is -2.31. The van der Waals surface area contributed by atoms with Crippen LogP contribution < -0.4 is 20.3 Å². The number of ether oxygens (including phenoxy) is 2. The minimum absolute atomic E-state index is 0.217. The Labute approximate surface area is 142 Å². The second-order valence-corrected chi connectivity index (χ2v) is 5.61. The number of carbonyl (C=O) groups is 1. The van der Waals surface area contributed by atoms with E-state index in [9.17, 15) is 9.59 Å². The summed E-state index contributed by atoms with van der Waals surface area (Å²) in [6, 6.07) is 8.75. The number of rotatable bonds is 4. The van der Waals surface area contributed by atoms with Gasteiger partial charge in [0.1, 0.15) is 13.2 Å². The summed E-state index contributed by atoms with van der Waals surface area (Å²) >= 11 is 0. The molecular weight excluding hydrogens is 324 g/mol. The summed E-state index contributed by atoms with van der Waals surface area (Å²) in [5.41, 5.74) is 0.521. The van der Waals surface area contributed by atoms with Gasteiger partial charge in [0.2, 0.25) is 0 Å². The number of nitrogens with zero attached hydrogens (tertiary/aromatic N) is 1. The molecule has 0 unspecified atom stereocenters. The van der Waals surface area contributed by atoms with Crippen LogP contribution in [0.15, 0.2) is 52.0 Å². The molecule has 7 nitrogen and oxygen atoms in total. The van der Waals surface area contributed by atoms with Crippen LogP contribution in [0.1, 0.15) is 10.4 Å². The molecule has 0 saturated heterocycles. The van der Waals surface area contributed by atoms with Crippen molar-refractivity contribution in [2.24, 2.45) is 0 Å². The highest BCUT2D eigenvalue weighted by molar-refractivity contribution is 5.97. The summed E-state index contributed by atoms with van der Waals surface area (Å²) < 4.78 is 17.7. The highest BCUT2D eigenvalue weighted by Crippen LogP contribution is 2.33. The van der Waals surface area contributed by atoms with Crippen LogP contribution >= 0.6 is 0 Å². The van der Waals surface area contributed by atoms with Crippen molar-refractivity contribution in [3.05, 3.63) is 58.7 Å². The maximum Gasteiger partial charge on any atom is 0.294 e. The fourth-order valence-electron chi connectivity index (χ4n) is 2.81. The van der Waals surface area contributed by atoms with Crippen LogP contribution in [0.2, 0.25) is 0 Å². The molecule has 1 aliphatic rings. The van der Waals surface area contributed by atoms with Gasteiger partial charge in [0.05, 0.1) is 11.8 Å². The van der Waals surface area contributed by atoms with E-state index in [-0.39, 0.29) is 11.5 Å². The van der Waals surface area contributed by atoms with Crippen molar-refractivity contribution in [2.75, 3.05) is 19.8 Å². The number of pyridine rings is 1. The minimum atomic E-state index is -0.269. The Balaban J connectivity index is 1.45. The number of fused-ring (bicyclic) bond motifs is 2. The summed E-state index contributed by atoms with van der Waals surface area (Å²) in [7, 11) is 0. The van der Waals surface area contributed by atoms with Gasteiger partial charge in [-0.2, -0.15) is 0 Å². The third-order valence-corrected chi connectivity index (χ3v) is 4.03. The van der Waals surface area contributed by atoms with E-state index in [0.717, 1.165) is 5.39 Å². The molecule has 0 bridgehead atoms. The molecule has 4 rings (SSSR count). The van der Waals surface area contributed by atoms with E-state index in [2.05, 4.69) is 5.32 Å². The fraction of sp³-hybridized carbons (Fsp3) is 0.222. The Morgan fingerprint density at radius 1 is 1.16 bits per heavy atom. The molecule has 1 N–H and O–H groups in total. The zero-order valence-corrected chi connectivity index (χ0v) is 13.4. The summed E-state index contributed by atoms with van der Waals surface area (Å²) in [6.45, 7) is 1.52. The predicted octanol–water partition coefficient (Wildman–Crippen LogP) is 1.80. The Morgan fingerprint density at radius 2 is 2.04 bits per heavy atom. The first kappa shape index (κ1) is 15.3. The first-order valence-corrected chi connectivity index (χ1v) is 7.97. The van der Waals surface area contributed by atoms with Crippen LogP contribution in [0, 0.1) is 0 Å². The van der Waals surface area contributed by atoms with Gasteiger partial charge in [0.15, 0.2) is 17.1 Å². The number of benzene rings is 1. The molecule has 1 amide bonds. The molecule has 1 aromatic carbocycles. The molecule has 0 fully saturated rings. The summed E-state index contributed by atoms with van der Waals surface area (Å²) in [5, 5.41) is 3.56. The van der Waals surface area contributed by atoms with E-state index in [1.54, 1.807) is 36.5 Å². The molecule has 2 aromatic heterocycles. The monoisotopic (exact) mass is 340 g/mol. The molecule has 3 heterocycles. The van der Waals surface area contributed by atoms with E-state index in [0.29, 0.717) is 48.9 Å². The SMILES string of the molecule is O=C(NCCn1ccc2ccoc2c1=O)c1cccc2c1OCCO2. The zero-order chi connectivity index (χ0) is 17.2. The lowest BCUT2D eigenvalue weighted by atomic mass is 10.1. The van der Waals surface area contributed by atoms with Crippen LogP contribution in [-0.4, -0.2) is 30.2 Å². The van der Waals surface area contributed by atoms with Crippen molar-refractivity contribution in [3.8, 4) is 11.5 Å². The van der Waals surface area contributed by atoms with Crippen LogP contribution in [0.5, 0.6) is 11.5 Å². The van der Waals surface area contributed by atoms with Gasteiger partial charge < -0.3 is 23.8 Å². The Kier molecular flexibility index (Phi) is 3.89. The standard InChI is InChI=1S/C18H16N2O5/c21-17(13-2-1-3-14-16(13)25-11-10-23-14)19-6-8-20-7-4-12-5-9-24-15(12)18(20)22/h1-5,7,9H,6,8,10-11H2,(H,19,21). The van der Waals surface area contributed by atoms with Crippen LogP contribution in [0.25, 0.3) is 11.0 Å². The third kappa shape index (κ3) is 2.84. The molecule has 0 radical (unpaired) electrons. The van der Waals surface area contributed by atoms with E-state index >= 15 is 0 Å². The van der Waals surface area contributed by atoms with Crippen molar-refractivity contribution in [1.82, 2.24) is 9.88 Å². The largest absolute Gasteiger partial charge is 0.486 e. The zero-order valence-electron chi connectivity index (χ0n) is 13.4. The number of aromatic nitrogens is 1. The minimum Gasteiger partial charge on any atom is -0.486 e. The number of para-hydroxylation sites is 1. The van der Waals surface area contributed by atoms with Crippen LogP contribution in [0.3, 0.4) is 0 Å². The number of furan rings is 1. The van der Waals surface area contributed by atoms with Crippen LogP contribution in [-0.2, 0) is 6.54 Å². The Hall–Kier alpha value is -3.22. The number of nitrogens with one attached hydrogen (secondary N) is 1. The lowest BCUT2D eigenvalue weighted by Gasteiger charge is -2.20. The molecular formula is C18H16N2O5. The first-order valence-electron chi connectivity index (χ1n) is 7.97. The third-order valence-electron chi connectivity index (χ3n) is 4.03. The van der Waals surface area contributed by atoms with Crippen LogP contribution in [0.4, 0.5) is 0 Å². The molecule has 0 spiro atoms. The number of carbonyl (C=O) groups excluding carboxylic acids is 1. The van der Waals surface area contributed by atoms with Gasteiger partial charge in [-0.1, -0.05) is 6.07 Å². The van der Waals surface area contributed by atoms with Crippen molar-refractivity contribution < 1.29 is 18.7 Å². The van der Waals surface area contributed by atoms with Gasteiger partial charge in [-0.15, -0.1) is 0 Å². The van der Waals surface area contributed by atoms with Gasteiger partial charge in [-0.25, -0.2) is 0 Å². The smallest absolute Gasteiger partial charge is 0.294 e. The van der Waals surface area contributed by atoms with Gasteiger partial charge in [0, 0.05) is 24.7 Å². The van der Waals surface area contributed by atoms with E-state index in [4.69, 9.17) is 13.9 Å². The fourth-order valence-corrected chi connectivity index (χ4v) is 2.81. The lowest BCUT2D eigenvalue weighted by molar-refractivity contribution is 0.0941. The summed E-state index contributed by atoms with van der Waals surface area (Å²) in [6.07, 6.45) is 3.17. The average molecular weight is 340 g/mol. The molecule has 3 aromatic rings. The normalized spacial score (nSPS) is 13.0. The summed E-state index contributed by atoms with van der Waals surface area (Å²) in [5.74, 6) is 0.758. The quantitative estimate of drug-likeness (QED) is 0.783. The molecule has 128 valence electrons. The first-order chi connectivity index (χ1) is 12.2. The summed E-state index contributed by atoms with van der Waals surface area (Å²) in [4.78, 5) is 24.7. The molecule has 0 saturated carbocycles. The molecule has 1 aliphatic heterocycles.